The SMILES string of the molecule is CC1[C@@H](O)C(CO)O[C@@H](S)[C@H]1O. The second kappa shape index (κ2) is 3.93. The Bertz CT molecular complexity index is 150. The van der Waals surface area contributed by atoms with E-state index in [0.717, 1.165) is 0 Å². The van der Waals surface area contributed by atoms with Crippen molar-refractivity contribution in [1.82, 2.24) is 0 Å². The maximum Gasteiger partial charge on any atom is 0.127 e. The molecule has 5 heteroatoms. The van der Waals surface area contributed by atoms with Gasteiger partial charge in [-0.25, -0.2) is 0 Å². The lowest BCUT2D eigenvalue weighted by Crippen LogP contribution is -2.52. The highest BCUT2D eigenvalue weighted by molar-refractivity contribution is 7.80. The molecule has 0 aromatic heterocycles. The number of rotatable bonds is 1. The number of hydrogen-bond donors (Lipinski definition) is 4. The Morgan fingerprint density at radius 3 is 2.42 bits per heavy atom. The van der Waals surface area contributed by atoms with E-state index in [1.807, 2.05) is 0 Å². The number of hydrogen-bond acceptors (Lipinski definition) is 5. The lowest BCUT2D eigenvalue weighted by atomic mass is 9.92. The number of aliphatic hydroxyl groups is 3. The smallest absolute Gasteiger partial charge is 0.127 e. The first-order valence-electron chi connectivity index (χ1n) is 3.88. The van der Waals surface area contributed by atoms with Crippen LogP contribution >= 0.6 is 12.6 Å². The highest BCUT2D eigenvalue weighted by Crippen LogP contribution is 2.27. The van der Waals surface area contributed by atoms with Crippen molar-refractivity contribution < 1.29 is 20.1 Å². The summed E-state index contributed by atoms with van der Waals surface area (Å²) in [6.07, 6.45) is -2.24. The van der Waals surface area contributed by atoms with Gasteiger partial charge in [0.25, 0.3) is 0 Å². The summed E-state index contributed by atoms with van der Waals surface area (Å²) in [6, 6.07) is 0. The Morgan fingerprint density at radius 2 is 1.92 bits per heavy atom. The van der Waals surface area contributed by atoms with Crippen LogP contribution in [0.15, 0.2) is 0 Å². The van der Waals surface area contributed by atoms with Crippen LogP contribution in [-0.2, 0) is 4.74 Å². The van der Waals surface area contributed by atoms with Crippen LogP contribution in [0, 0.1) is 5.92 Å². The molecule has 0 aliphatic carbocycles. The van der Waals surface area contributed by atoms with Gasteiger partial charge in [-0.1, -0.05) is 6.92 Å². The van der Waals surface area contributed by atoms with E-state index in [0.29, 0.717) is 0 Å². The molecule has 1 aliphatic rings. The topological polar surface area (TPSA) is 69.9 Å². The van der Waals surface area contributed by atoms with Crippen LogP contribution in [0.3, 0.4) is 0 Å². The van der Waals surface area contributed by atoms with Gasteiger partial charge in [0.1, 0.15) is 11.5 Å². The van der Waals surface area contributed by atoms with E-state index in [1.54, 1.807) is 6.92 Å². The highest BCUT2D eigenvalue weighted by Gasteiger charge is 2.39. The van der Waals surface area contributed by atoms with Gasteiger partial charge in [0.05, 0.1) is 18.8 Å². The van der Waals surface area contributed by atoms with Gasteiger partial charge in [-0.2, -0.15) is 0 Å². The van der Waals surface area contributed by atoms with Crippen molar-refractivity contribution in [3.8, 4) is 0 Å². The monoisotopic (exact) mass is 194 g/mol. The molecule has 1 fully saturated rings. The Morgan fingerprint density at radius 1 is 1.33 bits per heavy atom. The summed E-state index contributed by atoms with van der Waals surface area (Å²) in [4.78, 5) is 0. The van der Waals surface area contributed by atoms with E-state index in [1.165, 1.54) is 0 Å². The molecule has 0 amide bonds. The van der Waals surface area contributed by atoms with Crippen LogP contribution in [0.2, 0.25) is 0 Å². The van der Waals surface area contributed by atoms with E-state index in [-0.39, 0.29) is 12.5 Å². The summed E-state index contributed by atoms with van der Waals surface area (Å²) in [5.41, 5.74) is -0.624. The third-order valence-corrected chi connectivity index (χ3v) is 2.67. The fraction of sp³-hybridized carbons (Fsp3) is 1.00. The Labute approximate surface area is 76.6 Å². The van der Waals surface area contributed by atoms with Crippen molar-refractivity contribution in [1.29, 1.82) is 0 Å². The van der Waals surface area contributed by atoms with Gasteiger partial charge in [-0.15, -0.1) is 12.6 Å². The van der Waals surface area contributed by atoms with Gasteiger partial charge in [-0.05, 0) is 0 Å². The molecule has 1 saturated heterocycles. The molecule has 1 rings (SSSR count). The van der Waals surface area contributed by atoms with Crippen LogP contribution in [0.5, 0.6) is 0 Å². The summed E-state index contributed by atoms with van der Waals surface area (Å²) in [5.74, 6) is -0.321. The minimum absolute atomic E-state index is 0.255. The third-order valence-electron chi connectivity index (χ3n) is 2.24. The fourth-order valence-electron chi connectivity index (χ4n) is 1.29. The van der Waals surface area contributed by atoms with Gasteiger partial charge in [0.2, 0.25) is 0 Å². The van der Waals surface area contributed by atoms with E-state index >= 15 is 0 Å². The zero-order chi connectivity index (χ0) is 9.30. The van der Waals surface area contributed by atoms with Crippen molar-refractivity contribution >= 4 is 12.6 Å². The Balaban J connectivity index is 2.63. The fourth-order valence-corrected chi connectivity index (χ4v) is 1.72. The second-order valence-electron chi connectivity index (χ2n) is 3.09. The van der Waals surface area contributed by atoms with Crippen LogP contribution in [0.4, 0.5) is 0 Å². The Kier molecular flexibility index (Phi) is 3.37. The molecular weight excluding hydrogens is 180 g/mol. The van der Waals surface area contributed by atoms with Gasteiger partial charge < -0.3 is 20.1 Å². The van der Waals surface area contributed by atoms with Crippen molar-refractivity contribution in [2.24, 2.45) is 5.92 Å². The number of thiol groups is 1. The molecule has 0 saturated carbocycles. The predicted octanol–water partition coefficient (Wildman–Crippen LogP) is -1.01. The lowest BCUT2D eigenvalue weighted by molar-refractivity contribution is -0.177. The molecule has 0 aromatic rings. The molecule has 1 aliphatic heterocycles. The molecule has 12 heavy (non-hydrogen) atoms. The summed E-state index contributed by atoms with van der Waals surface area (Å²) in [5, 5.41) is 27.6. The van der Waals surface area contributed by atoms with E-state index in [2.05, 4.69) is 12.6 Å². The average Bonchev–Trinajstić information content (AvgIpc) is 2.08. The summed E-state index contributed by atoms with van der Waals surface area (Å²) in [6.45, 7) is 1.44. The maximum absolute atomic E-state index is 9.45. The summed E-state index contributed by atoms with van der Waals surface area (Å²) in [7, 11) is 0. The lowest BCUT2D eigenvalue weighted by Gasteiger charge is -2.39. The number of aliphatic hydroxyl groups excluding tert-OH is 3. The molecule has 0 aromatic carbocycles. The normalized spacial score (nSPS) is 49.2. The molecule has 3 N–H and O–H groups in total. The molecule has 5 atom stereocenters. The van der Waals surface area contributed by atoms with Crippen molar-refractivity contribution in [2.45, 2.75) is 30.7 Å². The quantitative estimate of drug-likeness (QED) is 0.404. The molecule has 0 radical (unpaired) electrons. The van der Waals surface area contributed by atoms with Gasteiger partial charge in [0.15, 0.2) is 0 Å². The zero-order valence-corrected chi connectivity index (χ0v) is 7.69. The highest BCUT2D eigenvalue weighted by atomic mass is 32.1. The van der Waals surface area contributed by atoms with Gasteiger partial charge in [0, 0.05) is 5.92 Å². The summed E-state index contributed by atoms with van der Waals surface area (Å²) >= 11 is 3.97. The first kappa shape index (κ1) is 10.3. The average molecular weight is 194 g/mol. The molecule has 72 valence electrons. The van der Waals surface area contributed by atoms with Crippen molar-refractivity contribution in [2.75, 3.05) is 6.61 Å². The zero-order valence-electron chi connectivity index (χ0n) is 6.79. The standard InChI is InChI=1S/C7H14O4S/c1-3-5(9)4(2-8)11-7(12)6(3)10/h3-10,12H,2H2,1H3/t3?,4?,5-,6+,7+/m1/s1. The number of ether oxygens (including phenoxy) is 1. The molecule has 2 unspecified atom stereocenters. The van der Waals surface area contributed by atoms with Crippen LogP contribution in [0.1, 0.15) is 6.92 Å². The summed E-state index contributed by atoms with van der Waals surface area (Å²) < 4.78 is 5.04. The predicted molar refractivity (Wildman–Crippen MR) is 45.9 cm³/mol. The molecule has 0 spiro atoms. The first-order valence-corrected chi connectivity index (χ1v) is 4.40. The minimum atomic E-state index is -0.826. The first-order chi connectivity index (χ1) is 5.57. The van der Waals surface area contributed by atoms with Crippen molar-refractivity contribution in [3.63, 3.8) is 0 Å². The molecule has 4 nitrogen and oxygen atoms in total. The Hall–Kier alpha value is 0.190. The van der Waals surface area contributed by atoms with E-state index in [9.17, 15) is 10.2 Å². The van der Waals surface area contributed by atoms with Crippen LogP contribution < -0.4 is 0 Å². The van der Waals surface area contributed by atoms with Gasteiger partial charge in [-0.3, -0.25) is 0 Å². The molecular formula is C7H14O4S. The van der Waals surface area contributed by atoms with Gasteiger partial charge >= 0.3 is 0 Å². The van der Waals surface area contributed by atoms with Crippen LogP contribution in [-0.4, -0.2) is 45.7 Å². The van der Waals surface area contributed by atoms with E-state index < -0.39 is 23.7 Å². The van der Waals surface area contributed by atoms with E-state index in [4.69, 9.17) is 9.84 Å². The van der Waals surface area contributed by atoms with Crippen LogP contribution in [0.25, 0.3) is 0 Å². The molecule has 1 heterocycles. The molecule has 0 bridgehead atoms. The minimum Gasteiger partial charge on any atom is -0.394 e. The third kappa shape index (κ3) is 1.75. The second-order valence-corrected chi connectivity index (χ2v) is 3.60. The maximum atomic E-state index is 9.45. The van der Waals surface area contributed by atoms with Crippen molar-refractivity contribution in [3.05, 3.63) is 0 Å². The largest absolute Gasteiger partial charge is 0.394 e.